The maximum Gasteiger partial charge on any atom is 0.309 e. The number of nitrogens with zero attached hydrogens (tertiary/aromatic N) is 2. The van der Waals surface area contributed by atoms with Crippen molar-refractivity contribution < 1.29 is 24.2 Å². The van der Waals surface area contributed by atoms with E-state index in [9.17, 15) is 14.7 Å². The van der Waals surface area contributed by atoms with Crippen LogP contribution in [0.5, 0.6) is 5.88 Å². The fourth-order valence-electron chi connectivity index (χ4n) is 2.54. The number of amides is 1. The minimum atomic E-state index is -1.00. The number of aromatic nitrogens is 1. The van der Waals surface area contributed by atoms with E-state index < -0.39 is 17.9 Å². The van der Waals surface area contributed by atoms with Gasteiger partial charge in [0, 0.05) is 26.1 Å². The van der Waals surface area contributed by atoms with Gasteiger partial charge in [0.15, 0.2) is 0 Å². The number of carboxylic acids is 1. The molecule has 0 saturated carbocycles. The van der Waals surface area contributed by atoms with Crippen molar-refractivity contribution in [1.82, 2.24) is 9.88 Å². The first kappa shape index (κ1) is 15.2. The summed E-state index contributed by atoms with van der Waals surface area (Å²) in [6.07, 6.45) is -0.0252. The third kappa shape index (κ3) is 3.13. The monoisotopic (exact) mass is 294 g/mol. The lowest BCUT2D eigenvalue weighted by Crippen LogP contribution is -2.33. The van der Waals surface area contributed by atoms with Crippen LogP contribution in [-0.2, 0) is 14.3 Å². The Bertz CT molecular complexity index is 534. The van der Waals surface area contributed by atoms with Crippen molar-refractivity contribution in [2.24, 2.45) is 5.92 Å². The quantitative estimate of drug-likeness (QED) is 0.831. The number of ether oxygens (including phenoxy) is 2. The van der Waals surface area contributed by atoms with Gasteiger partial charge < -0.3 is 19.5 Å². The highest BCUT2D eigenvalue weighted by molar-refractivity contribution is 5.87. The summed E-state index contributed by atoms with van der Waals surface area (Å²) in [5.41, 5.74) is 0.517. The second-order valence-electron chi connectivity index (χ2n) is 4.78. The summed E-state index contributed by atoms with van der Waals surface area (Å²) in [6, 6.07) is 4.52. The third-order valence-electron chi connectivity index (χ3n) is 3.54. The number of carbonyl (C=O) groups excluding carboxylic acids is 1. The minimum absolute atomic E-state index is 0.0252. The zero-order valence-corrected chi connectivity index (χ0v) is 12.0. The smallest absolute Gasteiger partial charge is 0.309 e. The first-order chi connectivity index (χ1) is 10.1. The molecule has 1 saturated heterocycles. The van der Waals surface area contributed by atoms with Crippen LogP contribution in [0, 0.1) is 5.92 Å². The van der Waals surface area contributed by atoms with Gasteiger partial charge in [-0.3, -0.25) is 9.59 Å². The van der Waals surface area contributed by atoms with E-state index in [1.54, 1.807) is 18.2 Å². The second kappa shape index (κ2) is 6.53. The largest absolute Gasteiger partial charge is 0.481 e. The van der Waals surface area contributed by atoms with Crippen LogP contribution in [-0.4, -0.2) is 54.2 Å². The van der Waals surface area contributed by atoms with Gasteiger partial charge in [-0.25, -0.2) is 4.98 Å². The van der Waals surface area contributed by atoms with Gasteiger partial charge in [0.2, 0.25) is 11.8 Å². The van der Waals surface area contributed by atoms with Crippen LogP contribution in [0.25, 0.3) is 0 Å². The van der Waals surface area contributed by atoms with Crippen LogP contribution in [0.2, 0.25) is 0 Å². The van der Waals surface area contributed by atoms with Gasteiger partial charge in [-0.1, -0.05) is 6.07 Å². The molecule has 1 N–H and O–H groups in total. The Hall–Kier alpha value is -2.15. The van der Waals surface area contributed by atoms with Crippen LogP contribution in [0.4, 0.5) is 0 Å². The van der Waals surface area contributed by atoms with Gasteiger partial charge in [0.1, 0.15) is 0 Å². The Kier molecular flexibility index (Phi) is 4.74. The lowest BCUT2D eigenvalue weighted by atomic mass is 9.97. The number of aliphatic carboxylic acids is 1. The summed E-state index contributed by atoms with van der Waals surface area (Å²) < 4.78 is 10.1. The molecule has 114 valence electrons. The molecule has 1 aromatic rings. The van der Waals surface area contributed by atoms with Crippen LogP contribution in [0.3, 0.4) is 0 Å². The van der Waals surface area contributed by atoms with Crippen molar-refractivity contribution in [1.29, 1.82) is 0 Å². The standard InChI is InChI=1S/C14H18N2O5/c1-20-7-6-16-12(17)8-9(14(18)19)13(16)10-4-3-5-11(15-10)21-2/h3-5,9,13H,6-8H2,1-2H3,(H,18,19). The molecule has 2 rings (SSSR count). The van der Waals surface area contributed by atoms with Gasteiger partial charge in [-0.2, -0.15) is 0 Å². The van der Waals surface area contributed by atoms with Crippen LogP contribution in [0.15, 0.2) is 18.2 Å². The van der Waals surface area contributed by atoms with E-state index >= 15 is 0 Å². The Labute approximate surface area is 122 Å². The molecule has 0 aromatic carbocycles. The SMILES string of the molecule is COCCN1C(=O)CC(C(=O)O)C1c1cccc(OC)n1. The minimum Gasteiger partial charge on any atom is -0.481 e. The molecule has 2 atom stereocenters. The molecule has 1 aliphatic rings. The first-order valence-corrected chi connectivity index (χ1v) is 6.60. The van der Waals surface area contributed by atoms with Crippen molar-refractivity contribution >= 4 is 11.9 Å². The van der Waals surface area contributed by atoms with Crippen molar-refractivity contribution in [3.05, 3.63) is 23.9 Å². The average molecular weight is 294 g/mol. The molecule has 0 spiro atoms. The number of rotatable bonds is 6. The summed E-state index contributed by atoms with van der Waals surface area (Å²) in [7, 11) is 3.03. The number of hydrogen-bond acceptors (Lipinski definition) is 5. The van der Waals surface area contributed by atoms with E-state index in [2.05, 4.69) is 4.98 Å². The summed E-state index contributed by atoms with van der Waals surface area (Å²) >= 11 is 0. The summed E-state index contributed by atoms with van der Waals surface area (Å²) in [4.78, 5) is 29.3. The molecule has 2 heterocycles. The van der Waals surface area contributed by atoms with Gasteiger partial charge in [0.25, 0.3) is 0 Å². The Morgan fingerprint density at radius 2 is 2.24 bits per heavy atom. The fraction of sp³-hybridized carbons (Fsp3) is 0.500. The Balaban J connectivity index is 2.36. The van der Waals surface area contributed by atoms with Crippen molar-refractivity contribution in [2.75, 3.05) is 27.4 Å². The zero-order valence-electron chi connectivity index (χ0n) is 12.0. The van der Waals surface area contributed by atoms with Gasteiger partial charge in [-0.05, 0) is 6.07 Å². The topological polar surface area (TPSA) is 89.0 Å². The number of hydrogen-bond donors (Lipinski definition) is 1. The predicted molar refractivity (Wildman–Crippen MR) is 72.9 cm³/mol. The lowest BCUT2D eigenvalue weighted by molar-refractivity contribution is -0.142. The van der Waals surface area contributed by atoms with Gasteiger partial charge in [-0.15, -0.1) is 0 Å². The number of methoxy groups -OCH3 is 2. The van der Waals surface area contributed by atoms with Crippen LogP contribution < -0.4 is 4.74 Å². The van der Waals surface area contributed by atoms with Crippen molar-refractivity contribution in [3.8, 4) is 5.88 Å². The number of carboxylic acid groups (broad SMARTS) is 1. The normalized spacial score (nSPS) is 21.6. The third-order valence-corrected chi connectivity index (χ3v) is 3.54. The van der Waals surface area contributed by atoms with Gasteiger partial charge >= 0.3 is 5.97 Å². The fourth-order valence-corrected chi connectivity index (χ4v) is 2.54. The molecule has 0 bridgehead atoms. The Morgan fingerprint density at radius 1 is 1.48 bits per heavy atom. The molecular formula is C14H18N2O5. The highest BCUT2D eigenvalue weighted by Crippen LogP contribution is 2.37. The van der Waals surface area contributed by atoms with E-state index in [1.807, 2.05) is 0 Å². The van der Waals surface area contributed by atoms with E-state index in [4.69, 9.17) is 9.47 Å². The maximum absolute atomic E-state index is 12.1. The number of likely N-dealkylation sites (tertiary alicyclic amines) is 1. The predicted octanol–water partition coefficient (Wildman–Crippen LogP) is 0.711. The summed E-state index contributed by atoms with van der Waals surface area (Å²) in [6.45, 7) is 0.682. The molecule has 2 unspecified atom stereocenters. The highest BCUT2D eigenvalue weighted by atomic mass is 16.5. The Morgan fingerprint density at radius 3 is 2.86 bits per heavy atom. The molecule has 21 heavy (non-hydrogen) atoms. The molecule has 1 aromatic heterocycles. The molecule has 0 aliphatic carbocycles. The average Bonchev–Trinajstić information content (AvgIpc) is 2.82. The number of pyridine rings is 1. The molecule has 7 nitrogen and oxygen atoms in total. The van der Waals surface area contributed by atoms with Crippen LogP contribution in [0.1, 0.15) is 18.2 Å². The van der Waals surface area contributed by atoms with Crippen LogP contribution >= 0.6 is 0 Å². The molecule has 1 amide bonds. The molecular weight excluding hydrogens is 276 g/mol. The maximum atomic E-state index is 12.1. The van der Waals surface area contributed by atoms with Crippen molar-refractivity contribution in [3.63, 3.8) is 0 Å². The lowest BCUT2D eigenvalue weighted by Gasteiger charge is -2.26. The molecule has 1 aliphatic heterocycles. The molecule has 1 fully saturated rings. The van der Waals surface area contributed by atoms with Crippen molar-refractivity contribution in [2.45, 2.75) is 12.5 Å². The molecule has 7 heteroatoms. The summed E-state index contributed by atoms with van der Waals surface area (Å²) in [5, 5.41) is 9.36. The van der Waals surface area contributed by atoms with E-state index in [-0.39, 0.29) is 12.3 Å². The van der Waals surface area contributed by atoms with E-state index in [0.717, 1.165) is 0 Å². The first-order valence-electron chi connectivity index (χ1n) is 6.60. The van der Waals surface area contributed by atoms with Gasteiger partial charge in [0.05, 0.1) is 31.4 Å². The second-order valence-corrected chi connectivity index (χ2v) is 4.78. The zero-order chi connectivity index (χ0) is 15.4. The highest BCUT2D eigenvalue weighted by Gasteiger charge is 2.45. The molecule has 0 radical (unpaired) electrons. The van der Waals surface area contributed by atoms with E-state index in [1.165, 1.54) is 19.1 Å². The van der Waals surface area contributed by atoms with E-state index in [0.29, 0.717) is 24.7 Å². The summed E-state index contributed by atoms with van der Waals surface area (Å²) in [5.74, 6) is -1.62. The number of carbonyl (C=O) groups is 2.